The average Bonchev–Trinajstić information content (AvgIpc) is 2.34. The third-order valence-corrected chi connectivity index (χ3v) is 3.13. The Kier molecular flexibility index (Phi) is 3.72. The zero-order chi connectivity index (χ0) is 13.1. The van der Waals surface area contributed by atoms with E-state index in [1.54, 1.807) is 6.07 Å². The van der Waals surface area contributed by atoms with Crippen LogP contribution in [0, 0.1) is 6.92 Å². The van der Waals surface area contributed by atoms with Gasteiger partial charge in [0.05, 0.1) is 0 Å². The highest BCUT2D eigenvalue weighted by Crippen LogP contribution is 2.22. The second-order valence-electron chi connectivity index (χ2n) is 4.40. The number of benzene rings is 1. The topological polar surface area (TPSA) is 42.1 Å². The van der Waals surface area contributed by atoms with Crippen LogP contribution < -0.4 is 10.6 Å². The lowest BCUT2D eigenvalue weighted by Gasteiger charge is -2.19. The van der Waals surface area contributed by atoms with Gasteiger partial charge in [0.1, 0.15) is 5.82 Å². The zero-order valence-corrected chi connectivity index (χ0v) is 11.3. The molecular weight excluding hydrogens is 246 g/mol. The van der Waals surface area contributed by atoms with Gasteiger partial charge in [-0.15, -0.1) is 0 Å². The van der Waals surface area contributed by atoms with Gasteiger partial charge in [-0.2, -0.15) is 0 Å². The highest BCUT2D eigenvalue weighted by atomic mass is 35.5. The van der Waals surface area contributed by atoms with E-state index in [4.69, 9.17) is 17.3 Å². The molecule has 0 unspecified atom stereocenters. The van der Waals surface area contributed by atoms with Gasteiger partial charge in [-0.25, -0.2) is 4.98 Å². The summed E-state index contributed by atoms with van der Waals surface area (Å²) in [6, 6.07) is 9.56. The first-order valence-electron chi connectivity index (χ1n) is 5.74. The molecule has 2 aromatic rings. The predicted octanol–water partition coefficient (Wildman–Crippen LogP) is 3.26. The molecule has 4 heteroatoms. The highest BCUT2D eigenvalue weighted by molar-refractivity contribution is 6.31. The number of halogens is 1. The van der Waals surface area contributed by atoms with E-state index in [0.717, 1.165) is 27.7 Å². The van der Waals surface area contributed by atoms with E-state index < -0.39 is 0 Å². The molecule has 2 N–H and O–H groups in total. The van der Waals surface area contributed by atoms with Gasteiger partial charge >= 0.3 is 0 Å². The molecule has 0 atom stereocenters. The summed E-state index contributed by atoms with van der Waals surface area (Å²) in [6.07, 6.45) is 1.85. The molecule has 0 saturated heterocycles. The van der Waals surface area contributed by atoms with E-state index in [2.05, 4.69) is 4.98 Å². The summed E-state index contributed by atoms with van der Waals surface area (Å²) in [6.45, 7) is 2.70. The summed E-state index contributed by atoms with van der Waals surface area (Å²) in [7, 11) is 1.98. The smallest absolute Gasteiger partial charge is 0.128 e. The number of nitrogens with zero attached hydrogens (tertiary/aromatic N) is 2. The first-order valence-corrected chi connectivity index (χ1v) is 6.12. The molecule has 0 fully saturated rings. The summed E-state index contributed by atoms with van der Waals surface area (Å²) in [5.41, 5.74) is 8.64. The molecule has 0 aliphatic carbocycles. The number of aromatic nitrogens is 1. The van der Waals surface area contributed by atoms with Crippen LogP contribution in [0.2, 0.25) is 5.02 Å². The summed E-state index contributed by atoms with van der Waals surface area (Å²) in [4.78, 5) is 6.42. The average molecular weight is 262 g/mol. The molecule has 18 heavy (non-hydrogen) atoms. The minimum absolute atomic E-state index is 0.680. The highest BCUT2D eigenvalue weighted by Gasteiger charge is 2.06. The second-order valence-corrected chi connectivity index (χ2v) is 4.81. The molecule has 3 nitrogen and oxygen atoms in total. The zero-order valence-electron chi connectivity index (χ0n) is 10.5. The van der Waals surface area contributed by atoms with Crippen molar-refractivity contribution < 1.29 is 0 Å². The van der Waals surface area contributed by atoms with Crippen molar-refractivity contribution in [1.82, 2.24) is 4.98 Å². The van der Waals surface area contributed by atoms with Crippen LogP contribution >= 0.6 is 11.6 Å². The largest absolute Gasteiger partial charge is 0.399 e. The lowest BCUT2D eigenvalue weighted by atomic mass is 10.2. The van der Waals surface area contributed by atoms with Crippen LogP contribution in [0.3, 0.4) is 0 Å². The van der Waals surface area contributed by atoms with Gasteiger partial charge in [-0.05, 0) is 42.3 Å². The minimum atomic E-state index is 0.680. The number of hydrogen-bond acceptors (Lipinski definition) is 3. The Bertz CT molecular complexity index is 537. The van der Waals surface area contributed by atoms with Crippen molar-refractivity contribution in [2.24, 2.45) is 0 Å². The number of nitrogens with two attached hydrogens (primary N) is 1. The first-order chi connectivity index (χ1) is 8.56. The van der Waals surface area contributed by atoms with Gasteiger partial charge < -0.3 is 10.6 Å². The lowest BCUT2D eigenvalue weighted by Crippen LogP contribution is -2.17. The molecule has 1 aromatic carbocycles. The molecule has 2 rings (SSSR count). The Hall–Kier alpha value is -1.74. The number of rotatable bonds is 3. The van der Waals surface area contributed by atoms with Crippen molar-refractivity contribution in [3.8, 4) is 0 Å². The Morgan fingerprint density at radius 2 is 2.06 bits per heavy atom. The fourth-order valence-electron chi connectivity index (χ4n) is 1.74. The van der Waals surface area contributed by atoms with E-state index in [-0.39, 0.29) is 0 Å². The SMILES string of the molecule is Cc1ccc(N(C)Cc2cc(N)ccc2Cl)nc1. The third-order valence-electron chi connectivity index (χ3n) is 2.76. The van der Waals surface area contributed by atoms with Gasteiger partial charge in [-0.1, -0.05) is 17.7 Å². The van der Waals surface area contributed by atoms with E-state index in [1.807, 2.05) is 49.3 Å². The van der Waals surface area contributed by atoms with Crippen molar-refractivity contribution >= 4 is 23.1 Å². The standard InChI is InChI=1S/C14H16ClN3/c1-10-3-6-14(17-8-10)18(2)9-11-7-12(16)4-5-13(11)15/h3-8H,9,16H2,1-2H3. The number of pyridine rings is 1. The second kappa shape index (κ2) is 5.27. The Balaban J connectivity index is 2.18. The summed E-state index contributed by atoms with van der Waals surface area (Å²) in [5, 5.41) is 0.725. The molecular formula is C14H16ClN3. The number of hydrogen-bond donors (Lipinski definition) is 1. The Labute approximate surface area is 112 Å². The fraction of sp³-hybridized carbons (Fsp3) is 0.214. The van der Waals surface area contributed by atoms with Crippen molar-refractivity contribution in [3.05, 3.63) is 52.7 Å². The van der Waals surface area contributed by atoms with Crippen molar-refractivity contribution in [1.29, 1.82) is 0 Å². The van der Waals surface area contributed by atoms with Gasteiger partial charge in [0, 0.05) is 30.5 Å². The molecule has 0 bridgehead atoms. The van der Waals surface area contributed by atoms with Crippen molar-refractivity contribution in [3.63, 3.8) is 0 Å². The van der Waals surface area contributed by atoms with Gasteiger partial charge in [-0.3, -0.25) is 0 Å². The molecule has 0 saturated carbocycles. The maximum atomic E-state index is 6.15. The molecule has 0 radical (unpaired) electrons. The molecule has 1 aromatic heterocycles. The first kappa shape index (κ1) is 12.7. The maximum Gasteiger partial charge on any atom is 0.128 e. The Morgan fingerprint density at radius 3 is 2.72 bits per heavy atom. The Morgan fingerprint density at radius 1 is 1.28 bits per heavy atom. The molecule has 94 valence electrons. The van der Waals surface area contributed by atoms with Gasteiger partial charge in [0.15, 0.2) is 0 Å². The summed E-state index contributed by atoms with van der Waals surface area (Å²) in [5.74, 6) is 0.916. The van der Waals surface area contributed by atoms with Crippen LogP contribution in [0.5, 0.6) is 0 Å². The monoisotopic (exact) mass is 261 g/mol. The molecule has 0 aliphatic heterocycles. The summed E-state index contributed by atoms with van der Waals surface area (Å²) >= 11 is 6.15. The third kappa shape index (κ3) is 2.93. The van der Waals surface area contributed by atoms with Crippen LogP contribution in [0.25, 0.3) is 0 Å². The van der Waals surface area contributed by atoms with Crippen LogP contribution in [0.4, 0.5) is 11.5 Å². The number of aryl methyl sites for hydroxylation is 1. The lowest BCUT2D eigenvalue weighted by molar-refractivity contribution is 0.897. The van der Waals surface area contributed by atoms with Crippen LogP contribution in [-0.2, 0) is 6.54 Å². The van der Waals surface area contributed by atoms with Crippen LogP contribution in [0.15, 0.2) is 36.5 Å². The molecule has 0 aliphatic rings. The predicted molar refractivity (Wildman–Crippen MR) is 76.9 cm³/mol. The van der Waals surface area contributed by atoms with Crippen LogP contribution in [-0.4, -0.2) is 12.0 Å². The van der Waals surface area contributed by atoms with Crippen molar-refractivity contribution in [2.75, 3.05) is 17.7 Å². The molecule has 0 amide bonds. The molecule has 1 heterocycles. The maximum absolute atomic E-state index is 6.15. The van der Waals surface area contributed by atoms with E-state index >= 15 is 0 Å². The van der Waals surface area contributed by atoms with Crippen molar-refractivity contribution in [2.45, 2.75) is 13.5 Å². The summed E-state index contributed by atoms with van der Waals surface area (Å²) < 4.78 is 0. The van der Waals surface area contributed by atoms with E-state index in [1.165, 1.54) is 0 Å². The van der Waals surface area contributed by atoms with Gasteiger partial charge in [0.2, 0.25) is 0 Å². The number of nitrogen functional groups attached to an aromatic ring is 1. The molecule has 0 spiro atoms. The van der Waals surface area contributed by atoms with Crippen LogP contribution in [0.1, 0.15) is 11.1 Å². The van der Waals surface area contributed by atoms with Gasteiger partial charge in [0.25, 0.3) is 0 Å². The fourth-order valence-corrected chi connectivity index (χ4v) is 1.92. The van der Waals surface area contributed by atoms with E-state index in [9.17, 15) is 0 Å². The quantitative estimate of drug-likeness (QED) is 0.863. The van der Waals surface area contributed by atoms with E-state index in [0.29, 0.717) is 6.54 Å². The normalized spacial score (nSPS) is 10.4. The minimum Gasteiger partial charge on any atom is -0.399 e. The number of anilines is 2.